The van der Waals surface area contributed by atoms with Gasteiger partial charge in [0, 0.05) is 5.69 Å². The highest BCUT2D eigenvalue weighted by molar-refractivity contribution is 7.93. The number of benzene rings is 2. The van der Waals surface area contributed by atoms with E-state index in [1.807, 2.05) is 5.32 Å². The number of alkyl halides is 3. The molecule has 154 valence electrons. The maximum atomic E-state index is 13.1. The van der Waals surface area contributed by atoms with Crippen LogP contribution in [0.4, 0.5) is 23.2 Å². The Balaban J connectivity index is 2.44. The van der Waals surface area contributed by atoms with Crippen molar-refractivity contribution in [3.63, 3.8) is 0 Å². The van der Waals surface area contributed by atoms with Crippen molar-refractivity contribution in [2.75, 3.05) is 11.9 Å². The zero-order valence-electron chi connectivity index (χ0n) is 14.8. The number of carbonyl (C=O) groups excluding carboxylic acids is 1. The van der Waals surface area contributed by atoms with Crippen LogP contribution in [0.25, 0.3) is 0 Å². The molecule has 2 aromatic rings. The Morgan fingerprint density at radius 3 is 2.24 bits per heavy atom. The standard InChI is InChI=1S/C18H14F4N2O4S/c1-17(10-25,29(27,28)14-6-3-12(19)4-7-14)16(26)24-13-5-2-11(9-23)15(8-13)18(20,21)22/h2-8,25H,10H2,1H3,(H,24,26)/t17-/m1/s1. The smallest absolute Gasteiger partial charge is 0.394 e. The van der Waals surface area contributed by atoms with Gasteiger partial charge in [0.15, 0.2) is 14.6 Å². The molecule has 2 aromatic carbocycles. The van der Waals surface area contributed by atoms with Crippen LogP contribution in [-0.4, -0.2) is 30.8 Å². The first kappa shape index (κ1) is 22.3. The summed E-state index contributed by atoms with van der Waals surface area (Å²) >= 11 is 0. The second kappa shape index (κ2) is 7.81. The number of hydrogen-bond donors (Lipinski definition) is 2. The van der Waals surface area contributed by atoms with Crippen LogP contribution in [0.3, 0.4) is 0 Å². The van der Waals surface area contributed by atoms with E-state index in [-0.39, 0.29) is 0 Å². The van der Waals surface area contributed by atoms with Crippen molar-refractivity contribution in [2.24, 2.45) is 0 Å². The average molecular weight is 430 g/mol. The van der Waals surface area contributed by atoms with Crippen molar-refractivity contribution in [1.29, 1.82) is 5.26 Å². The molecule has 0 spiro atoms. The monoisotopic (exact) mass is 430 g/mol. The van der Waals surface area contributed by atoms with E-state index in [2.05, 4.69) is 0 Å². The number of anilines is 1. The third kappa shape index (κ3) is 4.23. The van der Waals surface area contributed by atoms with Crippen LogP contribution in [0.1, 0.15) is 18.1 Å². The molecule has 29 heavy (non-hydrogen) atoms. The summed E-state index contributed by atoms with van der Waals surface area (Å²) in [6.45, 7) is -0.309. The van der Waals surface area contributed by atoms with Gasteiger partial charge in [-0.2, -0.15) is 18.4 Å². The molecule has 0 bridgehead atoms. The van der Waals surface area contributed by atoms with E-state index in [1.54, 1.807) is 0 Å². The number of rotatable bonds is 5. The summed E-state index contributed by atoms with van der Waals surface area (Å²) in [5.74, 6) is -2.03. The number of aliphatic hydroxyl groups excluding tert-OH is 1. The van der Waals surface area contributed by atoms with Gasteiger partial charge in [-0.15, -0.1) is 0 Å². The van der Waals surface area contributed by atoms with Gasteiger partial charge in [-0.25, -0.2) is 12.8 Å². The third-order valence-corrected chi connectivity index (χ3v) is 6.60. The number of sulfone groups is 1. The van der Waals surface area contributed by atoms with Crippen LogP contribution in [0.2, 0.25) is 0 Å². The van der Waals surface area contributed by atoms with Gasteiger partial charge in [0.1, 0.15) is 5.82 Å². The maximum Gasteiger partial charge on any atom is 0.417 e. The predicted octanol–water partition coefficient (Wildman–Crippen LogP) is 2.88. The summed E-state index contributed by atoms with van der Waals surface area (Å²) in [5.41, 5.74) is -2.42. The molecule has 2 rings (SSSR count). The van der Waals surface area contributed by atoms with Gasteiger partial charge in [0.25, 0.3) is 0 Å². The number of nitrogens with one attached hydrogen (secondary N) is 1. The largest absolute Gasteiger partial charge is 0.417 e. The zero-order chi connectivity index (χ0) is 22.0. The van der Waals surface area contributed by atoms with Crippen molar-refractivity contribution in [3.05, 3.63) is 59.4 Å². The normalized spacial score (nSPS) is 14.0. The van der Waals surface area contributed by atoms with Crippen LogP contribution >= 0.6 is 0 Å². The Morgan fingerprint density at radius 1 is 1.17 bits per heavy atom. The van der Waals surface area contributed by atoms with Crippen LogP contribution in [-0.2, 0) is 20.8 Å². The van der Waals surface area contributed by atoms with Gasteiger partial charge in [0.2, 0.25) is 5.91 Å². The van der Waals surface area contributed by atoms with Crippen LogP contribution in [0.5, 0.6) is 0 Å². The number of aliphatic hydroxyl groups is 1. The maximum absolute atomic E-state index is 13.1. The molecular weight excluding hydrogens is 416 g/mol. The average Bonchev–Trinajstić information content (AvgIpc) is 2.66. The Kier molecular flexibility index (Phi) is 6.01. The molecule has 1 amide bonds. The second-order valence-corrected chi connectivity index (χ2v) is 8.55. The zero-order valence-corrected chi connectivity index (χ0v) is 15.6. The van der Waals surface area contributed by atoms with Crippen molar-refractivity contribution < 1.29 is 35.9 Å². The Labute approximate surface area is 163 Å². The summed E-state index contributed by atoms with van der Waals surface area (Å²) in [4.78, 5) is 12.1. The molecule has 0 aromatic heterocycles. The molecule has 6 nitrogen and oxygen atoms in total. The first-order valence-electron chi connectivity index (χ1n) is 7.90. The highest BCUT2D eigenvalue weighted by Gasteiger charge is 2.47. The van der Waals surface area contributed by atoms with Crippen molar-refractivity contribution in [3.8, 4) is 6.07 Å². The van der Waals surface area contributed by atoms with Gasteiger partial charge in [0.05, 0.1) is 28.7 Å². The molecule has 0 aliphatic rings. The molecule has 0 saturated heterocycles. The van der Waals surface area contributed by atoms with Gasteiger partial charge < -0.3 is 10.4 Å². The van der Waals surface area contributed by atoms with E-state index in [0.717, 1.165) is 43.3 Å². The molecule has 0 aliphatic carbocycles. The van der Waals surface area contributed by atoms with Gasteiger partial charge in [-0.3, -0.25) is 4.79 Å². The number of nitriles is 1. The second-order valence-electron chi connectivity index (χ2n) is 6.17. The predicted molar refractivity (Wildman–Crippen MR) is 93.9 cm³/mol. The van der Waals surface area contributed by atoms with E-state index >= 15 is 0 Å². The molecule has 0 fully saturated rings. The minimum Gasteiger partial charge on any atom is -0.394 e. The van der Waals surface area contributed by atoms with Gasteiger partial charge in [-0.1, -0.05) is 0 Å². The molecular formula is C18H14F4N2O4S. The summed E-state index contributed by atoms with van der Waals surface area (Å²) in [6.07, 6.45) is -4.88. The lowest BCUT2D eigenvalue weighted by Crippen LogP contribution is -2.50. The molecule has 0 aliphatic heterocycles. The van der Waals surface area contributed by atoms with Crippen LogP contribution < -0.4 is 5.32 Å². The Hall–Kier alpha value is -2.97. The van der Waals surface area contributed by atoms with E-state index in [9.17, 15) is 35.9 Å². The molecule has 11 heteroatoms. The molecule has 0 unspecified atom stereocenters. The Morgan fingerprint density at radius 2 is 1.76 bits per heavy atom. The number of halogens is 4. The highest BCUT2D eigenvalue weighted by atomic mass is 32.2. The molecule has 0 heterocycles. The topological polar surface area (TPSA) is 107 Å². The number of carbonyl (C=O) groups is 1. The summed E-state index contributed by atoms with van der Waals surface area (Å²) < 4.78 is 75.4. The lowest BCUT2D eigenvalue weighted by atomic mass is 10.1. The van der Waals surface area contributed by atoms with Crippen molar-refractivity contribution in [1.82, 2.24) is 0 Å². The Bertz CT molecular complexity index is 1080. The highest BCUT2D eigenvalue weighted by Crippen LogP contribution is 2.34. The van der Waals surface area contributed by atoms with E-state index in [0.29, 0.717) is 6.07 Å². The fraction of sp³-hybridized carbons (Fsp3) is 0.222. The van der Waals surface area contributed by atoms with Gasteiger partial charge >= 0.3 is 6.18 Å². The summed E-state index contributed by atoms with van der Waals surface area (Å²) in [6, 6.07) is 7.17. The fourth-order valence-electron chi connectivity index (χ4n) is 2.37. The quantitative estimate of drug-likeness (QED) is 0.560. The first-order chi connectivity index (χ1) is 13.4. The number of nitrogens with zero attached hydrogens (tertiary/aromatic N) is 1. The van der Waals surface area contributed by atoms with Crippen molar-refractivity contribution >= 4 is 21.4 Å². The van der Waals surface area contributed by atoms with E-state index < -0.39 is 60.8 Å². The van der Waals surface area contributed by atoms with Gasteiger partial charge in [-0.05, 0) is 49.4 Å². The van der Waals surface area contributed by atoms with Crippen LogP contribution in [0, 0.1) is 17.1 Å². The summed E-state index contributed by atoms with van der Waals surface area (Å²) in [7, 11) is -4.54. The number of amides is 1. The lowest BCUT2D eigenvalue weighted by molar-refractivity contribution is -0.137. The van der Waals surface area contributed by atoms with E-state index in [4.69, 9.17) is 5.26 Å². The SMILES string of the molecule is C[C@@](CO)(C(=O)Nc1ccc(C#N)c(C(F)(F)F)c1)S(=O)(=O)c1ccc(F)cc1. The lowest BCUT2D eigenvalue weighted by Gasteiger charge is -2.26. The first-order valence-corrected chi connectivity index (χ1v) is 9.39. The third-order valence-electron chi connectivity index (χ3n) is 4.20. The minimum atomic E-state index is -4.88. The molecule has 2 N–H and O–H groups in total. The molecule has 1 atom stereocenters. The van der Waals surface area contributed by atoms with Crippen LogP contribution in [0.15, 0.2) is 47.4 Å². The molecule has 0 radical (unpaired) electrons. The molecule has 0 saturated carbocycles. The number of hydrogen-bond acceptors (Lipinski definition) is 5. The summed E-state index contributed by atoms with van der Waals surface area (Å²) in [5, 5.41) is 20.4. The fourth-order valence-corrected chi connectivity index (χ4v) is 3.85. The minimum absolute atomic E-state index is 0.421. The van der Waals surface area contributed by atoms with Crippen molar-refractivity contribution in [2.45, 2.75) is 22.7 Å². The van der Waals surface area contributed by atoms with E-state index in [1.165, 1.54) is 6.07 Å².